The number of anilines is 1. The zero-order valence-corrected chi connectivity index (χ0v) is 12.6. The highest BCUT2D eigenvalue weighted by Gasteiger charge is 1.99. The molecule has 0 saturated carbocycles. The molecule has 0 aliphatic heterocycles. The van der Waals surface area contributed by atoms with Gasteiger partial charge < -0.3 is 4.90 Å². The van der Waals surface area contributed by atoms with Crippen molar-refractivity contribution in [1.29, 1.82) is 0 Å². The Balaban J connectivity index is 2.08. The third kappa shape index (κ3) is 3.99. The van der Waals surface area contributed by atoms with Crippen LogP contribution in [0.3, 0.4) is 0 Å². The Morgan fingerprint density at radius 1 is 0.952 bits per heavy atom. The minimum absolute atomic E-state index is 0.0501. The molecule has 108 valence electrons. The summed E-state index contributed by atoms with van der Waals surface area (Å²) < 4.78 is 0. The van der Waals surface area contributed by atoms with Crippen molar-refractivity contribution in [3.63, 3.8) is 0 Å². The third-order valence-electron chi connectivity index (χ3n) is 3.32. The lowest BCUT2D eigenvalue weighted by atomic mass is 10.1. The summed E-state index contributed by atoms with van der Waals surface area (Å²) in [6.45, 7) is 4.62. The lowest BCUT2D eigenvalue weighted by molar-refractivity contribution is 0.101. The zero-order chi connectivity index (χ0) is 15.2. The normalized spacial score (nSPS) is 10.8. The third-order valence-corrected chi connectivity index (χ3v) is 3.32. The Morgan fingerprint density at radius 2 is 1.43 bits per heavy atom. The quantitative estimate of drug-likeness (QED) is 0.586. The van der Waals surface area contributed by atoms with Crippen LogP contribution in [0.1, 0.15) is 24.2 Å². The van der Waals surface area contributed by atoms with Gasteiger partial charge in [-0.2, -0.15) is 10.2 Å². The van der Waals surface area contributed by atoms with Gasteiger partial charge in [-0.3, -0.25) is 4.79 Å². The van der Waals surface area contributed by atoms with Crippen LogP contribution in [-0.2, 0) is 0 Å². The number of carbonyl (C=O) groups is 1. The van der Waals surface area contributed by atoms with E-state index in [9.17, 15) is 4.79 Å². The van der Waals surface area contributed by atoms with Gasteiger partial charge in [0.05, 0.1) is 11.4 Å². The van der Waals surface area contributed by atoms with Crippen LogP contribution in [0.15, 0.2) is 58.8 Å². The number of Topliss-reactive ketones (excluding diaryl/α,β-unsaturated/α-hetero) is 1. The fraction of sp³-hybridized carbons (Fsp3) is 0.235. The van der Waals surface area contributed by atoms with Gasteiger partial charge in [0.1, 0.15) is 0 Å². The molecule has 0 aliphatic rings. The second-order valence-corrected chi connectivity index (χ2v) is 4.83. The molecule has 0 amide bonds. The van der Waals surface area contributed by atoms with Crippen molar-refractivity contribution >= 4 is 22.8 Å². The van der Waals surface area contributed by atoms with Crippen molar-refractivity contribution in [2.24, 2.45) is 10.2 Å². The van der Waals surface area contributed by atoms with Crippen molar-refractivity contribution in [2.45, 2.75) is 13.8 Å². The maximum Gasteiger partial charge on any atom is 0.159 e. The number of azo groups is 1. The topological polar surface area (TPSA) is 45.0 Å². The fourth-order valence-electron chi connectivity index (χ4n) is 1.83. The van der Waals surface area contributed by atoms with Crippen molar-refractivity contribution in [3.05, 3.63) is 54.1 Å². The highest BCUT2D eigenvalue weighted by molar-refractivity contribution is 5.94. The summed E-state index contributed by atoms with van der Waals surface area (Å²) in [7, 11) is 2.05. The Kier molecular flexibility index (Phi) is 4.82. The molecule has 21 heavy (non-hydrogen) atoms. The molecule has 0 atom stereocenters. The molecule has 0 aliphatic carbocycles. The van der Waals surface area contributed by atoms with E-state index in [1.165, 1.54) is 0 Å². The molecule has 0 N–H and O–H groups in total. The molecular formula is C17H19N3O. The van der Waals surface area contributed by atoms with Crippen LogP contribution in [0.2, 0.25) is 0 Å². The average molecular weight is 281 g/mol. The lowest BCUT2D eigenvalue weighted by Gasteiger charge is -2.16. The first kappa shape index (κ1) is 14.9. The molecule has 0 radical (unpaired) electrons. The highest BCUT2D eigenvalue weighted by Crippen LogP contribution is 2.22. The Morgan fingerprint density at radius 3 is 1.86 bits per heavy atom. The van der Waals surface area contributed by atoms with Gasteiger partial charge in [0.25, 0.3) is 0 Å². The maximum absolute atomic E-state index is 11.2. The first-order valence-electron chi connectivity index (χ1n) is 6.94. The van der Waals surface area contributed by atoms with E-state index in [-0.39, 0.29) is 5.78 Å². The second kappa shape index (κ2) is 6.79. The van der Waals surface area contributed by atoms with Crippen LogP contribution in [0.5, 0.6) is 0 Å². The van der Waals surface area contributed by atoms with E-state index in [0.717, 1.165) is 23.6 Å². The van der Waals surface area contributed by atoms with Crippen molar-refractivity contribution in [3.8, 4) is 0 Å². The SMILES string of the molecule is CCN(C)c1ccc(N=Nc2ccc(C(C)=O)cc2)cc1. The summed E-state index contributed by atoms with van der Waals surface area (Å²) in [6, 6.07) is 15.0. The van der Waals surface area contributed by atoms with Gasteiger partial charge in [-0.1, -0.05) is 0 Å². The van der Waals surface area contributed by atoms with E-state index < -0.39 is 0 Å². The molecule has 4 heteroatoms. The standard InChI is InChI=1S/C17H19N3O/c1-4-20(3)17-11-9-16(10-12-17)19-18-15-7-5-14(6-8-15)13(2)21/h5-12H,4H2,1-3H3. The summed E-state index contributed by atoms with van der Waals surface area (Å²) in [5.41, 5.74) is 3.37. The van der Waals surface area contributed by atoms with Gasteiger partial charge in [0.2, 0.25) is 0 Å². The molecule has 0 bridgehead atoms. The van der Waals surface area contributed by atoms with Gasteiger partial charge in [-0.05, 0) is 62.4 Å². The van der Waals surface area contributed by atoms with Gasteiger partial charge in [0, 0.05) is 24.8 Å². The first-order chi connectivity index (χ1) is 10.1. The highest BCUT2D eigenvalue weighted by atomic mass is 16.1. The molecule has 4 nitrogen and oxygen atoms in total. The lowest BCUT2D eigenvalue weighted by Crippen LogP contribution is -2.15. The molecule has 2 aromatic rings. The molecule has 0 heterocycles. The molecular weight excluding hydrogens is 262 g/mol. The number of hydrogen-bond acceptors (Lipinski definition) is 4. The monoisotopic (exact) mass is 281 g/mol. The molecule has 2 rings (SSSR count). The smallest absolute Gasteiger partial charge is 0.159 e. The van der Waals surface area contributed by atoms with Crippen molar-refractivity contribution in [1.82, 2.24) is 0 Å². The largest absolute Gasteiger partial charge is 0.375 e. The predicted octanol–water partition coefficient (Wildman–Crippen LogP) is 4.76. The van der Waals surface area contributed by atoms with Gasteiger partial charge in [-0.25, -0.2) is 0 Å². The van der Waals surface area contributed by atoms with Crippen LogP contribution >= 0.6 is 0 Å². The minimum Gasteiger partial charge on any atom is -0.375 e. The number of nitrogens with zero attached hydrogens (tertiary/aromatic N) is 3. The summed E-state index contributed by atoms with van der Waals surface area (Å²) in [5.74, 6) is 0.0501. The molecule has 0 unspecified atom stereocenters. The first-order valence-corrected chi connectivity index (χ1v) is 6.94. The van der Waals surface area contributed by atoms with Crippen LogP contribution < -0.4 is 4.90 Å². The molecule has 0 fully saturated rings. The summed E-state index contributed by atoms with van der Waals surface area (Å²) in [6.07, 6.45) is 0. The zero-order valence-electron chi connectivity index (χ0n) is 12.6. The number of carbonyl (C=O) groups excluding carboxylic acids is 1. The van der Waals surface area contributed by atoms with Crippen LogP contribution in [0, 0.1) is 0 Å². The van der Waals surface area contributed by atoms with Crippen LogP contribution in [0.4, 0.5) is 17.1 Å². The summed E-state index contributed by atoms with van der Waals surface area (Å²) in [4.78, 5) is 13.3. The van der Waals surface area contributed by atoms with Gasteiger partial charge in [0.15, 0.2) is 5.78 Å². The van der Waals surface area contributed by atoms with E-state index in [1.54, 1.807) is 31.2 Å². The Bertz CT molecular complexity index is 630. The minimum atomic E-state index is 0.0501. The Hall–Kier alpha value is -2.49. The van der Waals surface area contributed by atoms with E-state index in [2.05, 4.69) is 22.1 Å². The Labute approximate surface area is 125 Å². The van der Waals surface area contributed by atoms with Gasteiger partial charge in [-0.15, -0.1) is 0 Å². The molecule has 0 aromatic heterocycles. The van der Waals surface area contributed by atoms with Crippen LogP contribution in [-0.4, -0.2) is 19.4 Å². The predicted molar refractivity (Wildman–Crippen MR) is 86.0 cm³/mol. The summed E-state index contributed by atoms with van der Waals surface area (Å²) >= 11 is 0. The number of hydrogen-bond donors (Lipinski definition) is 0. The van der Waals surface area contributed by atoms with E-state index in [0.29, 0.717) is 5.56 Å². The van der Waals surface area contributed by atoms with Crippen molar-refractivity contribution in [2.75, 3.05) is 18.5 Å². The fourth-order valence-corrected chi connectivity index (χ4v) is 1.83. The summed E-state index contributed by atoms with van der Waals surface area (Å²) in [5, 5.41) is 8.37. The maximum atomic E-state index is 11.2. The van der Waals surface area contributed by atoms with E-state index >= 15 is 0 Å². The van der Waals surface area contributed by atoms with Gasteiger partial charge >= 0.3 is 0 Å². The molecule has 0 spiro atoms. The number of ketones is 1. The molecule has 0 saturated heterocycles. The van der Waals surface area contributed by atoms with Crippen molar-refractivity contribution < 1.29 is 4.79 Å². The second-order valence-electron chi connectivity index (χ2n) is 4.83. The van der Waals surface area contributed by atoms with E-state index in [4.69, 9.17) is 0 Å². The number of benzene rings is 2. The molecule has 2 aromatic carbocycles. The number of rotatable bonds is 5. The van der Waals surface area contributed by atoms with E-state index in [1.807, 2.05) is 31.3 Å². The average Bonchev–Trinajstić information content (AvgIpc) is 2.53. The van der Waals surface area contributed by atoms with Crippen LogP contribution in [0.25, 0.3) is 0 Å².